The number of carboxylic acid groups (broad SMARTS) is 1. The van der Waals surface area contributed by atoms with E-state index in [4.69, 9.17) is 4.74 Å². The van der Waals surface area contributed by atoms with Gasteiger partial charge < -0.3 is 15.2 Å². The van der Waals surface area contributed by atoms with Gasteiger partial charge in [0.05, 0.1) is 18.1 Å². The van der Waals surface area contributed by atoms with E-state index in [0.717, 1.165) is 30.0 Å². The van der Waals surface area contributed by atoms with Gasteiger partial charge in [-0.1, -0.05) is 30.3 Å². The van der Waals surface area contributed by atoms with Crippen molar-refractivity contribution >= 4 is 22.6 Å². The topological polar surface area (TPSA) is 75.6 Å². The fourth-order valence-corrected chi connectivity index (χ4v) is 8.65. The molecule has 210 valence electrons. The molecule has 0 heterocycles. The number of carbonyl (C=O) groups is 2. The zero-order valence-electron chi connectivity index (χ0n) is 22.0. The lowest BCUT2D eigenvalue weighted by Crippen LogP contribution is -2.59. The smallest absolute Gasteiger partial charge is 0.391 e. The van der Waals surface area contributed by atoms with Crippen LogP contribution < -0.4 is 10.1 Å². The van der Waals surface area contributed by atoms with E-state index in [1.165, 1.54) is 19.3 Å². The Labute approximate surface area is 226 Å². The van der Waals surface area contributed by atoms with Gasteiger partial charge in [0.1, 0.15) is 11.8 Å². The van der Waals surface area contributed by atoms with Crippen molar-refractivity contribution < 1.29 is 32.6 Å². The lowest BCUT2D eigenvalue weighted by atomic mass is 9.47. The number of halogens is 3. The van der Waals surface area contributed by atoms with Gasteiger partial charge in [0.25, 0.3) is 5.91 Å². The van der Waals surface area contributed by atoms with Gasteiger partial charge in [-0.2, -0.15) is 13.2 Å². The lowest BCUT2D eigenvalue weighted by Gasteiger charge is -2.58. The van der Waals surface area contributed by atoms with Crippen LogP contribution in [0.3, 0.4) is 0 Å². The normalized spacial score (nSPS) is 32.6. The van der Waals surface area contributed by atoms with E-state index in [1.807, 2.05) is 30.3 Å². The van der Waals surface area contributed by atoms with Crippen LogP contribution in [-0.2, 0) is 4.79 Å². The molecule has 2 N–H and O–H groups in total. The van der Waals surface area contributed by atoms with Gasteiger partial charge in [0, 0.05) is 10.8 Å². The van der Waals surface area contributed by atoms with Crippen LogP contribution in [0.4, 0.5) is 13.2 Å². The van der Waals surface area contributed by atoms with Gasteiger partial charge in [-0.15, -0.1) is 0 Å². The first-order valence-corrected chi connectivity index (χ1v) is 14.4. The number of fused-ring (bicyclic) bond motifs is 1. The Hall–Kier alpha value is -2.77. The minimum absolute atomic E-state index is 0.0303. The highest BCUT2D eigenvalue weighted by atomic mass is 19.4. The summed E-state index contributed by atoms with van der Waals surface area (Å²) in [5.41, 5.74) is -0.140. The van der Waals surface area contributed by atoms with E-state index in [-0.39, 0.29) is 30.9 Å². The summed E-state index contributed by atoms with van der Waals surface area (Å²) in [5, 5.41) is 14.8. The molecular weight excluding hydrogens is 507 g/mol. The number of hydrogen-bond acceptors (Lipinski definition) is 3. The number of rotatable bonds is 7. The maximum Gasteiger partial charge on any atom is 0.391 e. The van der Waals surface area contributed by atoms with E-state index in [1.54, 1.807) is 6.07 Å². The highest BCUT2D eigenvalue weighted by Gasteiger charge is 2.56. The number of ether oxygens (including phenoxy) is 1. The average Bonchev–Trinajstić information content (AvgIpc) is 2.89. The largest absolute Gasteiger partial charge is 0.492 e. The van der Waals surface area contributed by atoms with E-state index in [2.05, 4.69) is 5.32 Å². The van der Waals surface area contributed by atoms with Gasteiger partial charge in [0.2, 0.25) is 0 Å². The summed E-state index contributed by atoms with van der Waals surface area (Å²) in [6.45, 7) is 0.218. The molecule has 0 saturated heterocycles. The molecule has 0 spiro atoms. The molecule has 0 radical (unpaired) electrons. The van der Waals surface area contributed by atoms with Crippen molar-refractivity contribution in [1.29, 1.82) is 0 Å². The minimum atomic E-state index is -4.16. The zero-order chi connectivity index (χ0) is 27.4. The summed E-state index contributed by atoms with van der Waals surface area (Å²) in [6.07, 6.45) is 2.91. The first-order valence-electron chi connectivity index (χ1n) is 14.4. The second kappa shape index (κ2) is 10.0. The number of amides is 1. The van der Waals surface area contributed by atoms with Crippen molar-refractivity contribution in [3.05, 3.63) is 42.0 Å². The number of carboxylic acids is 1. The van der Waals surface area contributed by atoms with E-state index in [0.29, 0.717) is 36.3 Å². The van der Waals surface area contributed by atoms with E-state index >= 15 is 0 Å². The number of alkyl halides is 3. The van der Waals surface area contributed by atoms with Crippen molar-refractivity contribution in [2.75, 3.05) is 6.61 Å². The van der Waals surface area contributed by atoms with Crippen molar-refractivity contribution in [2.45, 2.75) is 76.4 Å². The Morgan fingerprint density at radius 1 is 0.949 bits per heavy atom. The van der Waals surface area contributed by atoms with Crippen molar-refractivity contribution in [3.63, 3.8) is 0 Å². The summed E-state index contributed by atoms with van der Waals surface area (Å²) in [6, 6.07) is 10.0. The Bertz CT molecular complexity index is 1210. The number of benzene rings is 2. The molecule has 7 rings (SSSR count). The molecule has 5 aliphatic carbocycles. The second-order valence-corrected chi connectivity index (χ2v) is 12.8. The van der Waals surface area contributed by atoms with Gasteiger partial charge in [-0.3, -0.25) is 4.79 Å². The number of nitrogens with one attached hydrogen (secondary N) is 1. The summed E-state index contributed by atoms with van der Waals surface area (Å²) in [7, 11) is 0. The van der Waals surface area contributed by atoms with Gasteiger partial charge in [-0.05, 0) is 99.3 Å². The number of aliphatic carboxylic acids is 1. The summed E-state index contributed by atoms with van der Waals surface area (Å²) >= 11 is 0. The van der Waals surface area contributed by atoms with Crippen molar-refractivity contribution in [1.82, 2.24) is 5.32 Å². The number of hydrogen-bond donors (Lipinski definition) is 2. The molecule has 1 amide bonds. The SMILES string of the molecule is O=C(NC(C(=O)O)C12CC3CC(CC(C3)C1)C2)c1ccc2ccccc2c1OC[C@H]1CC[C@H](C(F)(F)F)CC1. The van der Waals surface area contributed by atoms with E-state index < -0.39 is 35.4 Å². The molecule has 5 saturated carbocycles. The highest BCUT2D eigenvalue weighted by molar-refractivity contribution is 6.05. The molecule has 8 heteroatoms. The van der Waals surface area contributed by atoms with Crippen molar-refractivity contribution in [2.24, 2.45) is 35.0 Å². The monoisotopic (exact) mass is 543 g/mol. The van der Waals surface area contributed by atoms with Gasteiger partial charge in [0.15, 0.2) is 0 Å². The van der Waals surface area contributed by atoms with Crippen LogP contribution in [0.2, 0.25) is 0 Å². The molecule has 1 unspecified atom stereocenters. The molecule has 5 nitrogen and oxygen atoms in total. The zero-order valence-corrected chi connectivity index (χ0v) is 22.0. The Balaban J connectivity index is 1.23. The molecule has 0 aromatic heterocycles. The predicted octanol–water partition coefficient (Wildman–Crippen LogP) is 6.99. The molecule has 5 aliphatic rings. The predicted molar refractivity (Wildman–Crippen MR) is 140 cm³/mol. The number of carbonyl (C=O) groups excluding carboxylic acids is 1. The maximum atomic E-state index is 13.7. The molecule has 2 aromatic rings. The van der Waals surface area contributed by atoms with Crippen LogP contribution >= 0.6 is 0 Å². The molecule has 1 atom stereocenters. The summed E-state index contributed by atoms with van der Waals surface area (Å²) < 4.78 is 45.6. The third-order valence-corrected chi connectivity index (χ3v) is 10.1. The average molecular weight is 544 g/mol. The second-order valence-electron chi connectivity index (χ2n) is 12.8. The van der Waals surface area contributed by atoms with E-state index in [9.17, 15) is 27.9 Å². The molecule has 4 bridgehead atoms. The summed E-state index contributed by atoms with van der Waals surface area (Å²) in [4.78, 5) is 26.3. The van der Waals surface area contributed by atoms with Crippen LogP contribution in [0.5, 0.6) is 5.75 Å². The molecular formula is C31H36F3NO4. The fourth-order valence-electron chi connectivity index (χ4n) is 8.65. The maximum absolute atomic E-state index is 13.7. The molecule has 5 fully saturated rings. The Morgan fingerprint density at radius 3 is 2.15 bits per heavy atom. The van der Waals surface area contributed by atoms with Crippen LogP contribution in [0.25, 0.3) is 10.8 Å². The highest BCUT2D eigenvalue weighted by Crippen LogP contribution is 2.61. The standard InChI is InChI=1S/C31H36F3NO4/c32-31(33,34)23-8-5-18(6-9-23)17-39-26-24-4-2-1-3-22(24)7-10-25(26)28(36)35-27(29(37)38)30-14-19-11-20(15-30)13-21(12-19)16-30/h1-4,7,10,18-21,23,27H,5-6,8-9,11-17H2,(H,35,36)(H,37,38)/t18-,19?,20?,21?,23-,27?,30?. The quantitative estimate of drug-likeness (QED) is 0.395. The fraction of sp³-hybridized carbons (Fsp3) is 0.613. The third-order valence-electron chi connectivity index (χ3n) is 10.1. The first-order chi connectivity index (χ1) is 18.6. The Kier molecular flexibility index (Phi) is 6.79. The van der Waals surface area contributed by atoms with Crippen LogP contribution in [0.1, 0.15) is 74.6 Å². The summed E-state index contributed by atoms with van der Waals surface area (Å²) in [5.74, 6) is -0.749. The first kappa shape index (κ1) is 26.5. The van der Waals surface area contributed by atoms with Crippen LogP contribution in [0.15, 0.2) is 36.4 Å². The van der Waals surface area contributed by atoms with Gasteiger partial charge >= 0.3 is 12.1 Å². The minimum Gasteiger partial charge on any atom is -0.492 e. The molecule has 39 heavy (non-hydrogen) atoms. The van der Waals surface area contributed by atoms with Crippen LogP contribution in [0, 0.1) is 35.0 Å². The van der Waals surface area contributed by atoms with Crippen molar-refractivity contribution in [3.8, 4) is 5.75 Å². The Morgan fingerprint density at radius 2 is 1.56 bits per heavy atom. The molecule has 2 aromatic carbocycles. The third kappa shape index (κ3) is 5.11. The van der Waals surface area contributed by atoms with Crippen LogP contribution in [-0.4, -0.2) is 35.8 Å². The molecule has 0 aliphatic heterocycles. The lowest BCUT2D eigenvalue weighted by molar-refractivity contribution is -0.184. The van der Waals surface area contributed by atoms with Gasteiger partial charge in [-0.25, -0.2) is 4.79 Å².